The van der Waals surface area contributed by atoms with Crippen molar-refractivity contribution in [3.8, 4) is 22.8 Å². The van der Waals surface area contributed by atoms with Gasteiger partial charge in [0.15, 0.2) is 11.5 Å². The van der Waals surface area contributed by atoms with Crippen molar-refractivity contribution in [1.29, 1.82) is 0 Å². The molecule has 2 aliphatic rings. The van der Waals surface area contributed by atoms with E-state index in [1.807, 2.05) is 27.7 Å². The van der Waals surface area contributed by atoms with Crippen molar-refractivity contribution in [1.82, 2.24) is 29.8 Å². The van der Waals surface area contributed by atoms with Crippen LogP contribution < -0.4 is 5.32 Å². The third-order valence-electron chi connectivity index (χ3n) is 10.0. The highest BCUT2D eigenvalue weighted by Gasteiger charge is 2.29. The Labute approximate surface area is 303 Å². The van der Waals surface area contributed by atoms with E-state index in [0.29, 0.717) is 34.9 Å². The lowest BCUT2D eigenvalue weighted by Crippen LogP contribution is -2.47. The number of phenols is 2. The topological polar surface area (TPSA) is 120 Å². The highest BCUT2D eigenvalue weighted by molar-refractivity contribution is 6.01. The Bertz CT molecular complexity index is 1800. The average molecular weight is 697 g/mol. The fourth-order valence-electron chi connectivity index (χ4n) is 7.29. The number of amides is 1. The van der Waals surface area contributed by atoms with E-state index in [0.717, 1.165) is 81.9 Å². The lowest BCUT2D eigenvalue weighted by molar-refractivity contribution is 0.0946. The summed E-state index contributed by atoms with van der Waals surface area (Å²) in [7, 11) is 2.12. The highest BCUT2D eigenvalue weighted by Crippen LogP contribution is 2.42. The molecule has 0 spiro atoms. The molecule has 1 aromatic carbocycles. The number of carbonyl (C=O) groups excluding carboxylic acids is 1. The minimum Gasteiger partial charge on any atom is -0.508 e. The molecule has 1 saturated heterocycles. The first kappa shape index (κ1) is 37.7. The van der Waals surface area contributed by atoms with E-state index in [4.69, 9.17) is 9.51 Å². The van der Waals surface area contributed by atoms with Gasteiger partial charge in [-0.25, -0.2) is 4.98 Å². The second-order valence-corrected chi connectivity index (χ2v) is 14.0. The fourth-order valence-corrected chi connectivity index (χ4v) is 7.29. The summed E-state index contributed by atoms with van der Waals surface area (Å²) in [5.74, 6) is 1.37. The second kappa shape index (κ2) is 17.1. The Hall–Kier alpha value is -4.57. The largest absolute Gasteiger partial charge is 0.508 e. The van der Waals surface area contributed by atoms with Gasteiger partial charge in [0.05, 0.1) is 22.5 Å². The summed E-state index contributed by atoms with van der Waals surface area (Å²) >= 11 is 0. The lowest BCUT2D eigenvalue weighted by Gasteiger charge is -2.38. The van der Waals surface area contributed by atoms with E-state index in [-0.39, 0.29) is 29.0 Å². The van der Waals surface area contributed by atoms with Crippen LogP contribution in [0.4, 0.5) is 0 Å². The van der Waals surface area contributed by atoms with Crippen molar-refractivity contribution in [2.24, 2.45) is 13.0 Å². The van der Waals surface area contributed by atoms with Crippen molar-refractivity contribution < 1.29 is 19.5 Å². The van der Waals surface area contributed by atoms with Gasteiger partial charge in [0.25, 0.3) is 5.91 Å². The third-order valence-corrected chi connectivity index (χ3v) is 10.0. The maximum atomic E-state index is 13.1. The van der Waals surface area contributed by atoms with Gasteiger partial charge in [0.2, 0.25) is 0 Å². The molecular formula is C41H56N6O4. The summed E-state index contributed by atoms with van der Waals surface area (Å²) in [6.07, 6.45) is 18.0. The van der Waals surface area contributed by atoms with E-state index in [2.05, 4.69) is 82.2 Å². The number of phenolic OH excluding ortho intramolecular Hbond substituents is 2. The van der Waals surface area contributed by atoms with Crippen molar-refractivity contribution >= 4 is 17.6 Å². The van der Waals surface area contributed by atoms with Crippen molar-refractivity contribution in [2.45, 2.75) is 79.6 Å². The van der Waals surface area contributed by atoms with Crippen LogP contribution in [0.1, 0.15) is 105 Å². The third kappa shape index (κ3) is 8.67. The Balaban J connectivity index is 1.21. The SMILES string of the molecule is C/C=C\c1c(C)nc(CCC/C(=C/CC)N2CCN(CC3C=CC(c4c(C(=O)NCC)noc4-c4cc(C(C)C)c(O)cc4O)=CC3)CC2)n1C. The maximum Gasteiger partial charge on any atom is 0.274 e. The molecule has 1 unspecified atom stereocenters. The summed E-state index contributed by atoms with van der Waals surface area (Å²) in [5.41, 5.74) is 6.36. The van der Waals surface area contributed by atoms with Crippen LogP contribution >= 0.6 is 0 Å². The Morgan fingerprint density at radius 2 is 1.90 bits per heavy atom. The normalized spacial score (nSPS) is 17.2. The van der Waals surface area contributed by atoms with Gasteiger partial charge in [-0.1, -0.05) is 56.3 Å². The number of carbonyl (C=O) groups is 1. The maximum absolute atomic E-state index is 13.1. The van der Waals surface area contributed by atoms with Crippen LogP contribution in [0.2, 0.25) is 0 Å². The fraction of sp³-hybridized carbons (Fsp3) is 0.488. The number of aromatic hydroxyl groups is 2. The van der Waals surface area contributed by atoms with Gasteiger partial charge in [-0.05, 0) is 81.6 Å². The van der Waals surface area contributed by atoms with E-state index >= 15 is 0 Å². The van der Waals surface area contributed by atoms with E-state index in [1.54, 1.807) is 6.07 Å². The molecule has 0 saturated carbocycles. The summed E-state index contributed by atoms with van der Waals surface area (Å²) in [6.45, 7) is 17.6. The quantitative estimate of drug-likeness (QED) is 0.158. The average Bonchev–Trinajstić information content (AvgIpc) is 3.66. The molecule has 3 N–H and O–H groups in total. The molecule has 1 aliphatic carbocycles. The number of imidazole rings is 1. The van der Waals surface area contributed by atoms with E-state index in [9.17, 15) is 15.0 Å². The van der Waals surface area contributed by atoms with Crippen molar-refractivity contribution in [3.63, 3.8) is 0 Å². The molecule has 1 amide bonds. The smallest absolute Gasteiger partial charge is 0.274 e. The standard InChI is InChI=1S/C41H56N6O4/c1-8-12-31(14-11-15-37-43-28(6)34(13-9-2)45(37)7)47-22-20-46(21-23-47)26-29-16-18-30(19-17-29)38-39(41(50)42-10-3)44-51-40(38)33-24-32(27(4)5)35(48)25-36(33)49/h9,12-13,16,18-19,24-25,27,29,48-49H,8,10-11,14-15,17,20-23,26H2,1-7H3,(H,42,50)/b13-9-,31-12-. The minimum atomic E-state index is -0.332. The van der Waals surface area contributed by atoms with Gasteiger partial charge in [-0.2, -0.15) is 0 Å². The first-order valence-electron chi connectivity index (χ1n) is 18.6. The molecule has 10 heteroatoms. The summed E-state index contributed by atoms with van der Waals surface area (Å²) < 4.78 is 8.00. The lowest BCUT2D eigenvalue weighted by atomic mass is 9.89. The number of aromatic nitrogens is 3. The predicted molar refractivity (Wildman–Crippen MR) is 205 cm³/mol. The molecule has 2 aromatic heterocycles. The van der Waals surface area contributed by atoms with Gasteiger partial charge in [-0.3, -0.25) is 9.69 Å². The van der Waals surface area contributed by atoms with Crippen LogP contribution in [0.15, 0.2) is 52.7 Å². The molecule has 1 aliphatic heterocycles. The molecule has 3 aromatic rings. The van der Waals surface area contributed by atoms with E-state index in [1.165, 1.54) is 17.5 Å². The van der Waals surface area contributed by atoms with Crippen LogP contribution in [-0.2, 0) is 13.5 Å². The zero-order valence-electron chi connectivity index (χ0n) is 31.5. The van der Waals surface area contributed by atoms with Crippen LogP contribution in [0, 0.1) is 12.8 Å². The predicted octanol–water partition coefficient (Wildman–Crippen LogP) is 7.59. The highest BCUT2D eigenvalue weighted by atomic mass is 16.5. The Kier molecular flexibility index (Phi) is 12.6. The number of piperazine rings is 1. The zero-order valence-corrected chi connectivity index (χ0v) is 31.5. The summed E-state index contributed by atoms with van der Waals surface area (Å²) in [4.78, 5) is 23.0. The number of hydrogen-bond acceptors (Lipinski definition) is 8. The Morgan fingerprint density at radius 1 is 1.14 bits per heavy atom. The second-order valence-electron chi connectivity index (χ2n) is 14.0. The number of benzene rings is 1. The van der Waals surface area contributed by atoms with Crippen LogP contribution in [0.25, 0.3) is 23.0 Å². The van der Waals surface area contributed by atoms with Gasteiger partial charge in [0.1, 0.15) is 17.3 Å². The number of aryl methyl sites for hydroxylation is 2. The summed E-state index contributed by atoms with van der Waals surface area (Å²) in [6, 6.07) is 3.05. The van der Waals surface area contributed by atoms with Gasteiger partial charge < -0.3 is 29.5 Å². The van der Waals surface area contributed by atoms with Gasteiger partial charge in [0, 0.05) is 64.5 Å². The first-order valence-corrected chi connectivity index (χ1v) is 18.6. The molecule has 0 bridgehead atoms. The van der Waals surface area contributed by atoms with Gasteiger partial charge in [-0.15, -0.1) is 0 Å². The molecule has 10 nitrogen and oxygen atoms in total. The molecule has 1 fully saturated rings. The first-order chi connectivity index (χ1) is 24.6. The van der Waals surface area contributed by atoms with Crippen molar-refractivity contribution in [3.05, 3.63) is 82.2 Å². The van der Waals surface area contributed by atoms with Crippen molar-refractivity contribution in [2.75, 3.05) is 39.3 Å². The molecule has 1 atom stereocenters. The van der Waals surface area contributed by atoms with Gasteiger partial charge >= 0.3 is 0 Å². The number of nitrogens with one attached hydrogen (secondary N) is 1. The molecular weight excluding hydrogens is 640 g/mol. The number of allylic oxidation sites excluding steroid dienone is 6. The van der Waals surface area contributed by atoms with Crippen LogP contribution in [0.3, 0.4) is 0 Å². The molecule has 0 radical (unpaired) electrons. The molecule has 5 rings (SSSR count). The summed E-state index contributed by atoms with van der Waals surface area (Å²) in [5, 5.41) is 28.3. The van der Waals surface area contributed by atoms with Crippen LogP contribution in [-0.4, -0.2) is 79.9 Å². The zero-order chi connectivity index (χ0) is 36.7. The Morgan fingerprint density at radius 3 is 2.55 bits per heavy atom. The van der Waals surface area contributed by atoms with E-state index < -0.39 is 0 Å². The molecule has 274 valence electrons. The minimum absolute atomic E-state index is 0.0164. The number of rotatable bonds is 14. The number of hydrogen-bond donors (Lipinski definition) is 3. The van der Waals surface area contributed by atoms with Crippen LogP contribution in [0.5, 0.6) is 11.5 Å². The number of nitrogens with zero attached hydrogens (tertiary/aromatic N) is 5. The monoisotopic (exact) mass is 696 g/mol. The molecule has 51 heavy (non-hydrogen) atoms. The molecule has 3 heterocycles.